The molecule has 0 bridgehead atoms. The van der Waals surface area contributed by atoms with E-state index in [4.69, 9.17) is 14.2 Å². The average Bonchev–Trinajstić information content (AvgIpc) is 2.47. The quantitative estimate of drug-likeness (QED) is 0.592. The molecule has 0 unspecified atom stereocenters. The third kappa shape index (κ3) is 3.09. The number of hydrogen-bond donors (Lipinski definition) is 0. The van der Waals surface area contributed by atoms with Gasteiger partial charge >= 0.3 is 0 Å². The molecular weight excluding hydrogens is 156 g/mol. The first kappa shape index (κ1) is 9.96. The molecule has 0 spiro atoms. The first-order valence-electron chi connectivity index (χ1n) is 4.62. The van der Waals surface area contributed by atoms with E-state index in [-0.39, 0.29) is 5.79 Å². The maximum absolute atomic E-state index is 5.42. The van der Waals surface area contributed by atoms with Crippen LogP contribution in [0, 0.1) is 0 Å². The molecule has 0 aromatic heterocycles. The van der Waals surface area contributed by atoms with Crippen molar-refractivity contribution in [2.24, 2.45) is 0 Å². The van der Waals surface area contributed by atoms with Crippen molar-refractivity contribution in [1.29, 1.82) is 0 Å². The van der Waals surface area contributed by atoms with Crippen LogP contribution in [0.4, 0.5) is 0 Å². The van der Waals surface area contributed by atoms with Crippen molar-refractivity contribution in [3.8, 4) is 0 Å². The molecular formula is C9H18O3. The normalized spacial score (nSPS) is 21.5. The summed E-state index contributed by atoms with van der Waals surface area (Å²) in [6, 6.07) is 0. The van der Waals surface area contributed by atoms with Crippen LogP contribution in [-0.4, -0.2) is 32.2 Å². The molecule has 3 nitrogen and oxygen atoms in total. The van der Waals surface area contributed by atoms with E-state index in [1.807, 2.05) is 6.92 Å². The van der Waals surface area contributed by atoms with Crippen LogP contribution in [0.2, 0.25) is 0 Å². The second-order valence-electron chi connectivity index (χ2n) is 3.19. The zero-order valence-electron chi connectivity index (χ0n) is 7.97. The molecule has 72 valence electrons. The van der Waals surface area contributed by atoms with Gasteiger partial charge in [-0.2, -0.15) is 0 Å². The van der Waals surface area contributed by atoms with Gasteiger partial charge in [-0.25, -0.2) is 0 Å². The molecule has 0 saturated carbocycles. The summed E-state index contributed by atoms with van der Waals surface area (Å²) in [5, 5.41) is 0. The van der Waals surface area contributed by atoms with Crippen LogP contribution in [-0.2, 0) is 14.2 Å². The molecule has 1 fully saturated rings. The van der Waals surface area contributed by atoms with Gasteiger partial charge in [0.25, 0.3) is 0 Å². The van der Waals surface area contributed by atoms with Gasteiger partial charge in [0.05, 0.1) is 19.8 Å². The van der Waals surface area contributed by atoms with E-state index in [1.165, 1.54) is 0 Å². The average molecular weight is 174 g/mol. The summed E-state index contributed by atoms with van der Waals surface area (Å²) in [6.07, 6.45) is 1.89. The molecule has 0 N–H and O–H groups in total. The molecule has 1 aliphatic heterocycles. The van der Waals surface area contributed by atoms with Gasteiger partial charge in [0.1, 0.15) is 0 Å². The van der Waals surface area contributed by atoms with E-state index >= 15 is 0 Å². The smallest absolute Gasteiger partial charge is 0.167 e. The minimum Gasteiger partial charge on any atom is -0.381 e. The molecule has 1 heterocycles. The fraction of sp³-hybridized carbons (Fsp3) is 1.00. The highest BCUT2D eigenvalue weighted by Crippen LogP contribution is 2.22. The summed E-state index contributed by atoms with van der Waals surface area (Å²) in [4.78, 5) is 0. The van der Waals surface area contributed by atoms with Crippen LogP contribution in [0.15, 0.2) is 0 Å². The van der Waals surface area contributed by atoms with Crippen molar-refractivity contribution in [1.82, 2.24) is 0 Å². The largest absolute Gasteiger partial charge is 0.381 e. The van der Waals surface area contributed by atoms with Gasteiger partial charge in [-0.05, 0) is 13.3 Å². The van der Waals surface area contributed by atoms with Crippen molar-refractivity contribution in [3.05, 3.63) is 0 Å². The highest BCUT2D eigenvalue weighted by Gasteiger charge is 2.30. The lowest BCUT2D eigenvalue weighted by molar-refractivity contribution is -0.155. The Kier molecular flexibility index (Phi) is 3.98. The lowest BCUT2D eigenvalue weighted by atomic mass is 10.2. The van der Waals surface area contributed by atoms with Crippen molar-refractivity contribution in [2.45, 2.75) is 32.5 Å². The molecule has 0 atom stereocenters. The third-order valence-corrected chi connectivity index (χ3v) is 1.95. The highest BCUT2D eigenvalue weighted by molar-refractivity contribution is 4.67. The van der Waals surface area contributed by atoms with Gasteiger partial charge in [0.15, 0.2) is 5.79 Å². The Balaban J connectivity index is 2.05. The van der Waals surface area contributed by atoms with Crippen LogP contribution in [0.3, 0.4) is 0 Å². The van der Waals surface area contributed by atoms with Crippen molar-refractivity contribution in [3.63, 3.8) is 0 Å². The Morgan fingerprint density at radius 2 is 1.92 bits per heavy atom. The predicted octanol–water partition coefficient (Wildman–Crippen LogP) is 1.57. The van der Waals surface area contributed by atoms with E-state index < -0.39 is 0 Å². The van der Waals surface area contributed by atoms with Gasteiger partial charge < -0.3 is 14.2 Å². The maximum Gasteiger partial charge on any atom is 0.167 e. The molecule has 3 heteroatoms. The SMILES string of the molecule is CCCOCCC1(C)OCCO1. The van der Waals surface area contributed by atoms with Gasteiger partial charge in [-0.1, -0.05) is 6.92 Å². The summed E-state index contributed by atoms with van der Waals surface area (Å²) in [6.45, 7) is 7.05. The van der Waals surface area contributed by atoms with Gasteiger partial charge in [0, 0.05) is 13.0 Å². The molecule has 0 amide bonds. The molecule has 1 saturated heterocycles. The summed E-state index contributed by atoms with van der Waals surface area (Å²) in [5.74, 6) is -0.381. The Labute approximate surface area is 74.0 Å². The van der Waals surface area contributed by atoms with Gasteiger partial charge in [0.2, 0.25) is 0 Å². The van der Waals surface area contributed by atoms with E-state index in [0.717, 1.165) is 26.1 Å². The van der Waals surface area contributed by atoms with E-state index in [1.54, 1.807) is 0 Å². The fourth-order valence-electron chi connectivity index (χ4n) is 1.21. The van der Waals surface area contributed by atoms with Crippen LogP contribution in [0.5, 0.6) is 0 Å². The Morgan fingerprint density at radius 3 is 2.50 bits per heavy atom. The highest BCUT2D eigenvalue weighted by atomic mass is 16.7. The zero-order chi connectivity index (χ0) is 8.86. The zero-order valence-corrected chi connectivity index (χ0v) is 7.97. The monoisotopic (exact) mass is 174 g/mol. The van der Waals surface area contributed by atoms with Crippen LogP contribution >= 0.6 is 0 Å². The second-order valence-corrected chi connectivity index (χ2v) is 3.19. The van der Waals surface area contributed by atoms with E-state index in [0.29, 0.717) is 13.2 Å². The van der Waals surface area contributed by atoms with Crippen LogP contribution in [0.1, 0.15) is 26.7 Å². The molecule has 0 aromatic carbocycles. The van der Waals surface area contributed by atoms with Crippen molar-refractivity contribution in [2.75, 3.05) is 26.4 Å². The van der Waals surface area contributed by atoms with E-state index in [2.05, 4.69) is 6.92 Å². The Bertz CT molecular complexity index is 119. The number of hydrogen-bond acceptors (Lipinski definition) is 3. The Morgan fingerprint density at radius 1 is 1.25 bits per heavy atom. The van der Waals surface area contributed by atoms with E-state index in [9.17, 15) is 0 Å². The minimum absolute atomic E-state index is 0.381. The maximum atomic E-state index is 5.42. The molecule has 0 radical (unpaired) electrons. The van der Waals surface area contributed by atoms with Crippen molar-refractivity contribution >= 4 is 0 Å². The first-order chi connectivity index (χ1) is 5.77. The molecule has 12 heavy (non-hydrogen) atoms. The van der Waals surface area contributed by atoms with Crippen molar-refractivity contribution < 1.29 is 14.2 Å². The third-order valence-electron chi connectivity index (χ3n) is 1.95. The summed E-state index contributed by atoms with van der Waals surface area (Å²) in [7, 11) is 0. The predicted molar refractivity (Wildman–Crippen MR) is 46.0 cm³/mol. The summed E-state index contributed by atoms with van der Waals surface area (Å²) >= 11 is 0. The number of ether oxygens (including phenoxy) is 3. The Hall–Kier alpha value is -0.120. The van der Waals surface area contributed by atoms with Crippen LogP contribution < -0.4 is 0 Å². The molecule has 1 aliphatic rings. The number of rotatable bonds is 5. The molecule has 0 aliphatic carbocycles. The van der Waals surface area contributed by atoms with Gasteiger partial charge in [-0.15, -0.1) is 0 Å². The fourth-order valence-corrected chi connectivity index (χ4v) is 1.21. The summed E-state index contributed by atoms with van der Waals surface area (Å²) in [5.41, 5.74) is 0. The lowest BCUT2D eigenvalue weighted by Crippen LogP contribution is -2.27. The lowest BCUT2D eigenvalue weighted by Gasteiger charge is -2.21. The standard InChI is InChI=1S/C9H18O3/c1-3-5-10-6-4-9(2)11-7-8-12-9/h3-8H2,1-2H3. The molecule has 0 aromatic rings. The first-order valence-corrected chi connectivity index (χ1v) is 4.62. The molecule has 1 rings (SSSR count). The topological polar surface area (TPSA) is 27.7 Å². The second kappa shape index (κ2) is 4.80. The summed E-state index contributed by atoms with van der Waals surface area (Å²) < 4.78 is 16.2. The van der Waals surface area contributed by atoms with Crippen LogP contribution in [0.25, 0.3) is 0 Å². The van der Waals surface area contributed by atoms with Gasteiger partial charge in [-0.3, -0.25) is 0 Å². The minimum atomic E-state index is -0.381.